The molecule has 0 amide bonds. The van der Waals surface area contributed by atoms with E-state index in [2.05, 4.69) is 36.2 Å². The van der Waals surface area contributed by atoms with E-state index < -0.39 is 34.9 Å². The highest BCUT2D eigenvalue weighted by Crippen LogP contribution is 2.41. The fourth-order valence-electron chi connectivity index (χ4n) is 6.08. The van der Waals surface area contributed by atoms with Crippen LogP contribution in [0.2, 0.25) is 0 Å². The number of methoxy groups -OCH3 is 1. The monoisotopic (exact) mass is 777 g/mol. The normalized spacial score (nSPS) is 12.5. The van der Waals surface area contributed by atoms with Gasteiger partial charge in [0.05, 0.1) is 24.0 Å². The molecule has 2 aromatic carbocycles. The summed E-state index contributed by atoms with van der Waals surface area (Å²) in [7, 11) is 1.38. The highest BCUT2D eigenvalue weighted by atomic mass is 32.2. The van der Waals surface area contributed by atoms with Crippen molar-refractivity contribution in [2.24, 2.45) is 0 Å². The Hall–Kier alpha value is -5.08. The second kappa shape index (κ2) is 20.0. The number of benzene rings is 2. The Balaban J connectivity index is 1.29. The van der Waals surface area contributed by atoms with Gasteiger partial charge in [0.2, 0.25) is 5.88 Å². The molecule has 0 radical (unpaired) electrons. The molecule has 0 aliphatic heterocycles. The van der Waals surface area contributed by atoms with Crippen molar-refractivity contribution in [1.82, 2.24) is 4.98 Å². The first-order chi connectivity index (χ1) is 26.5. The summed E-state index contributed by atoms with van der Waals surface area (Å²) in [6.45, 7) is 4.99. The predicted molar refractivity (Wildman–Crippen MR) is 204 cm³/mol. The molecular weight excluding hydrogens is 731 g/mol. The van der Waals surface area contributed by atoms with Crippen LogP contribution in [-0.2, 0) is 22.6 Å². The van der Waals surface area contributed by atoms with Crippen molar-refractivity contribution in [2.45, 2.75) is 114 Å². The molecule has 1 N–H and O–H groups in total. The molecule has 5 aromatic rings. The van der Waals surface area contributed by atoms with Gasteiger partial charge in [0.25, 0.3) is 0 Å². The van der Waals surface area contributed by atoms with Crippen molar-refractivity contribution in [2.75, 3.05) is 7.11 Å². The fraction of sp³-hybridized carbons (Fsp3) is 0.439. The van der Waals surface area contributed by atoms with E-state index in [0.717, 1.165) is 23.3 Å². The molecule has 3 heterocycles. The van der Waals surface area contributed by atoms with E-state index in [1.165, 1.54) is 69.9 Å². The zero-order valence-electron chi connectivity index (χ0n) is 31.6. The Kier molecular flexibility index (Phi) is 15.0. The molecule has 2 atom stereocenters. The van der Waals surface area contributed by atoms with Crippen LogP contribution in [0.4, 0.5) is 0 Å². The van der Waals surface area contributed by atoms with Crippen LogP contribution in [0.1, 0.15) is 115 Å². The third kappa shape index (κ3) is 11.7. The maximum Gasteiger partial charge on any atom is 0.521 e. The van der Waals surface area contributed by atoms with E-state index >= 15 is 0 Å². The summed E-state index contributed by atoms with van der Waals surface area (Å²) < 4.78 is 35.2. The van der Waals surface area contributed by atoms with E-state index in [4.69, 9.17) is 31.9 Å². The van der Waals surface area contributed by atoms with Gasteiger partial charge in [0.1, 0.15) is 5.56 Å². The zero-order chi connectivity index (χ0) is 39.3. The van der Waals surface area contributed by atoms with Gasteiger partial charge < -0.3 is 37.0 Å². The van der Waals surface area contributed by atoms with E-state index in [-0.39, 0.29) is 47.7 Å². The second-order valence-corrected chi connectivity index (χ2v) is 14.5. The minimum atomic E-state index is -0.993. The van der Waals surface area contributed by atoms with Gasteiger partial charge in [-0.25, -0.2) is 19.4 Å². The van der Waals surface area contributed by atoms with Crippen molar-refractivity contribution in [3.05, 3.63) is 104 Å². The van der Waals surface area contributed by atoms with Gasteiger partial charge >= 0.3 is 29.5 Å². The van der Waals surface area contributed by atoms with Gasteiger partial charge in [0.15, 0.2) is 23.9 Å². The lowest BCUT2D eigenvalue weighted by Gasteiger charge is -2.24. The number of hydrogen-bond donors (Lipinski definition) is 1. The Morgan fingerprint density at radius 2 is 1.56 bits per heavy atom. The van der Waals surface area contributed by atoms with Crippen molar-refractivity contribution in [3.8, 4) is 11.8 Å². The lowest BCUT2D eigenvalue weighted by molar-refractivity contribution is -0.145. The Morgan fingerprint density at radius 3 is 2.24 bits per heavy atom. The SMILES string of the molecule is CCCCCCCCCc1ccc(C(Sc2ccc3cc(C(=O)Oc4oc(=O)oc4C)c(OC)nc3c2)C(O)CCCC(=O)OCc2oc(=O)oc2C)cc1. The molecule has 5 rings (SSSR count). The first-order valence-electron chi connectivity index (χ1n) is 18.5. The number of aliphatic hydroxyl groups is 1. The molecule has 0 fully saturated rings. The maximum atomic E-state index is 13.0. The van der Waals surface area contributed by atoms with Crippen molar-refractivity contribution < 1.29 is 46.6 Å². The Labute approximate surface area is 322 Å². The van der Waals surface area contributed by atoms with E-state index in [1.54, 1.807) is 19.1 Å². The highest BCUT2D eigenvalue weighted by molar-refractivity contribution is 7.99. The Morgan fingerprint density at radius 1 is 0.855 bits per heavy atom. The van der Waals surface area contributed by atoms with Gasteiger partial charge in [0, 0.05) is 23.6 Å². The summed E-state index contributed by atoms with van der Waals surface area (Å²) in [6, 6.07) is 15.4. The van der Waals surface area contributed by atoms with Crippen LogP contribution in [0.25, 0.3) is 10.9 Å². The molecule has 0 bridgehead atoms. The third-order valence-electron chi connectivity index (χ3n) is 9.12. The number of aryl methyl sites for hydroxylation is 3. The highest BCUT2D eigenvalue weighted by Gasteiger charge is 2.25. The minimum Gasteiger partial charge on any atom is -0.480 e. The molecule has 294 valence electrons. The summed E-state index contributed by atoms with van der Waals surface area (Å²) in [5.74, 6) is -3.10. The van der Waals surface area contributed by atoms with Gasteiger partial charge in [-0.2, -0.15) is 0 Å². The van der Waals surface area contributed by atoms with Crippen molar-refractivity contribution in [3.63, 3.8) is 0 Å². The van der Waals surface area contributed by atoms with Crippen LogP contribution in [0.15, 0.2) is 80.7 Å². The summed E-state index contributed by atoms with van der Waals surface area (Å²) in [4.78, 5) is 53.6. The lowest BCUT2D eigenvalue weighted by atomic mass is 9.99. The molecule has 55 heavy (non-hydrogen) atoms. The van der Waals surface area contributed by atoms with Crippen LogP contribution in [0, 0.1) is 13.8 Å². The number of fused-ring (bicyclic) bond motifs is 1. The molecule has 0 aliphatic rings. The van der Waals surface area contributed by atoms with E-state index in [1.807, 2.05) is 12.1 Å². The van der Waals surface area contributed by atoms with Gasteiger partial charge in [-0.05, 0) is 61.9 Å². The first kappa shape index (κ1) is 41.1. The second-order valence-electron chi connectivity index (χ2n) is 13.3. The number of carbonyl (C=O) groups is 2. The van der Waals surface area contributed by atoms with Gasteiger partial charge in [-0.15, -0.1) is 11.8 Å². The number of thioether (sulfide) groups is 1. The number of unbranched alkanes of at least 4 members (excludes halogenated alkanes) is 6. The molecule has 14 heteroatoms. The topological polar surface area (TPSA) is 182 Å². The molecule has 3 aromatic heterocycles. The minimum absolute atomic E-state index is 0.00762. The molecule has 0 spiro atoms. The smallest absolute Gasteiger partial charge is 0.480 e. The van der Waals surface area contributed by atoms with E-state index in [0.29, 0.717) is 23.7 Å². The molecule has 0 saturated carbocycles. The summed E-state index contributed by atoms with van der Waals surface area (Å²) in [5.41, 5.74) is 2.72. The number of ether oxygens (including phenoxy) is 3. The number of nitrogens with zero attached hydrogens (tertiary/aromatic N) is 1. The number of rotatable bonds is 21. The van der Waals surface area contributed by atoms with Gasteiger partial charge in [-0.1, -0.05) is 75.8 Å². The molecule has 13 nitrogen and oxygen atoms in total. The van der Waals surface area contributed by atoms with E-state index in [9.17, 15) is 24.3 Å². The average Bonchev–Trinajstić information content (AvgIpc) is 3.67. The van der Waals surface area contributed by atoms with Crippen LogP contribution in [0.3, 0.4) is 0 Å². The molecule has 0 aliphatic carbocycles. The van der Waals surface area contributed by atoms with Gasteiger partial charge in [-0.3, -0.25) is 4.79 Å². The maximum absolute atomic E-state index is 13.0. The van der Waals surface area contributed by atoms with Crippen molar-refractivity contribution >= 4 is 34.6 Å². The van der Waals surface area contributed by atoms with Crippen LogP contribution >= 0.6 is 11.8 Å². The van der Waals surface area contributed by atoms with Crippen LogP contribution < -0.4 is 21.1 Å². The fourth-order valence-corrected chi connectivity index (χ4v) is 7.28. The largest absolute Gasteiger partial charge is 0.521 e. The summed E-state index contributed by atoms with van der Waals surface area (Å²) in [5, 5.41) is 11.8. The third-order valence-corrected chi connectivity index (χ3v) is 10.5. The average molecular weight is 778 g/mol. The summed E-state index contributed by atoms with van der Waals surface area (Å²) in [6.07, 6.45) is 9.57. The van der Waals surface area contributed by atoms with Crippen LogP contribution in [0.5, 0.6) is 11.8 Å². The number of aromatic nitrogens is 1. The molecule has 0 saturated heterocycles. The van der Waals surface area contributed by atoms with Crippen molar-refractivity contribution in [1.29, 1.82) is 0 Å². The molecular formula is C41H47NO12S. The number of aliphatic hydroxyl groups excluding tert-OH is 1. The number of carbonyl (C=O) groups excluding carboxylic acids is 2. The first-order valence-corrected chi connectivity index (χ1v) is 19.4. The Bertz CT molecular complexity index is 2140. The summed E-state index contributed by atoms with van der Waals surface area (Å²) >= 11 is 1.46. The standard InChI is InChI=1S/C41H47NO12S/c1-5-6-7-8-9-10-11-13-27-16-18-28(19-17-27)36(33(43)14-12-15-35(44)49-24-34-25(2)50-40(46)52-34)55-30-21-20-29-22-31(37(48-4)42-32(29)23-30)38(45)53-39-26(3)51-41(47)54-39/h16-23,33,36,43H,5-15,24H2,1-4H3. The number of esters is 2. The quantitative estimate of drug-likeness (QED) is 0.0425. The lowest BCUT2D eigenvalue weighted by Crippen LogP contribution is -2.17. The van der Waals surface area contributed by atoms with Crippen LogP contribution in [-0.4, -0.2) is 35.2 Å². The zero-order valence-corrected chi connectivity index (χ0v) is 32.4. The number of hydrogen-bond acceptors (Lipinski definition) is 14. The molecule has 2 unspecified atom stereocenters. The predicted octanol–water partition coefficient (Wildman–Crippen LogP) is 8.57. The number of pyridine rings is 1.